The van der Waals surface area contributed by atoms with Gasteiger partial charge >= 0.3 is 0 Å². The standard InChI is InChI=1S/C10H11ClFN.ClH/c11-9-2-1-8(10(12)4-9)3-7-5-13-6-7;/h1-2,4,7,13H,3,5-6H2;1H. The van der Waals surface area contributed by atoms with Crippen LogP contribution < -0.4 is 5.32 Å². The van der Waals surface area contributed by atoms with E-state index in [4.69, 9.17) is 11.6 Å². The molecule has 0 amide bonds. The average molecular weight is 236 g/mol. The summed E-state index contributed by atoms with van der Waals surface area (Å²) in [6, 6.07) is 4.89. The fraction of sp³-hybridized carbons (Fsp3) is 0.400. The predicted molar refractivity (Wildman–Crippen MR) is 58.7 cm³/mol. The fourth-order valence-electron chi connectivity index (χ4n) is 1.49. The maximum Gasteiger partial charge on any atom is 0.127 e. The molecule has 1 aromatic rings. The Labute approximate surface area is 94.1 Å². The number of hydrogen-bond acceptors (Lipinski definition) is 1. The summed E-state index contributed by atoms with van der Waals surface area (Å²) < 4.78 is 13.3. The van der Waals surface area contributed by atoms with Crippen molar-refractivity contribution in [1.29, 1.82) is 0 Å². The lowest BCUT2D eigenvalue weighted by atomic mass is 9.94. The molecule has 1 nitrogen and oxygen atoms in total. The molecule has 1 aliphatic heterocycles. The minimum Gasteiger partial charge on any atom is -0.316 e. The third kappa shape index (κ3) is 2.59. The van der Waals surface area contributed by atoms with Crippen molar-refractivity contribution >= 4 is 24.0 Å². The van der Waals surface area contributed by atoms with Crippen LogP contribution in [0.1, 0.15) is 5.56 Å². The van der Waals surface area contributed by atoms with Crippen LogP contribution in [0.2, 0.25) is 5.02 Å². The van der Waals surface area contributed by atoms with Gasteiger partial charge in [0.2, 0.25) is 0 Å². The SMILES string of the molecule is Cl.Fc1cc(Cl)ccc1CC1CNC1. The number of rotatable bonds is 2. The second kappa shape index (κ2) is 4.96. The monoisotopic (exact) mass is 235 g/mol. The summed E-state index contributed by atoms with van der Waals surface area (Å²) in [7, 11) is 0. The topological polar surface area (TPSA) is 12.0 Å². The highest BCUT2D eigenvalue weighted by molar-refractivity contribution is 6.30. The summed E-state index contributed by atoms with van der Waals surface area (Å²) in [5.41, 5.74) is 0.774. The van der Waals surface area contributed by atoms with Gasteiger partial charge in [0.15, 0.2) is 0 Å². The van der Waals surface area contributed by atoms with Crippen LogP contribution in [0.5, 0.6) is 0 Å². The lowest BCUT2D eigenvalue weighted by Gasteiger charge is -2.27. The Morgan fingerprint density at radius 1 is 1.43 bits per heavy atom. The van der Waals surface area contributed by atoms with E-state index in [-0.39, 0.29) is 18.2 Å². The van der Waals surface area contributed by atoms with Crippen molar-refractivity contribution in [3.63, 3.8) is 0 Å². The van der Waals surface area contributed by atoms with Crippen molar-refractivity contribution in [1.82, 2.24) is 5.32 Å². The maximum absolute atomic E-state index is 13.3. The highest BCUT2D eigenvalue weighted by Gasteiger charge is 2.18. The zero-order valence-electron chi connectivity index (χ0n) is 7.59. The molecule has 4 heteroatoms. The molecular weight excluding hydrogens is 224 g/mol. The molecule has 1 aromatic carbocycles. The van der Waals surface area contributed by atoms with Gasteiger partial charge in [-0.2, -0.15) is 0 Å². The third-order valence-corrected chi connectivity index (χ3v) is 2.62. The van der Waals surface area contributed by atoms with Gasteiger partial charge in [0.1, 0.15) is 5.82 Å². The van der Waals surface area contributed by atoms with Crippen LogP contribution in [-0.2, 0) is 6.42 Å². The zero-order chi connectivity index (χ0) is 9.26. The van der Waals surface area contributed by atoms with Crippen LogP contribution in [0.25, 0.3) is 0 Å². The van der Waals surface area contributed by atoms with E-state index in [2.05, 4.69) is 5.32 Å². The first kappa shape index (κ1) is 11.8. The van der Waals surface area contributed by atoms with Gasteiger partial charge in [0.25, 0.3) is 0 Å². The molecule has 0 bridgehead atoms. The van der Waals surface area contributed by atoms with Crippen LogP contribution in [0.4, 0.5) is 4.39 Å². The molecule has 0 saturated carbocycles. The normalized spacial score (nSPS) is 15.9. The van der Waals surface area contributed by atoms with Crippen molar-refractivity contribution in [3.05, 3.63) is 34.6 Å². The van der Waals surface area contributed by atoms with Gasteiger partial charge in [0.05, 0.1) is 0 Å². The Morgan fingerprint density at radius 2 is 2.14 bits per heavy atom. The van der Waals surface area contributed by atoms with E-state index in [0.717, 1.165) is 25.1 Å². The molecule has 0 spiro atoms. The highest BCUT2D eigenvalue weighted by Crippen LogP contribution is 2.19. The molecule has 0 unspecified atom stereocenters. The fourth-order valence-corrected chi connectivity index (χ4v) is 1.65. The molecule has 0 radical (unpaired) electrons. The van der Waals surface area contributed by atoms with Crippen LogP contribution in [0.3, 0.4) is 0 Å². The molecule has 1 heterocycles. The molecule has 1 fully saturated rings. The van der Waals surface area contributed by atoms with Crippen LogP contribution in [0.15, 0.2) is 18.2 Å². The summed E-state index contributed by atoms with van der Waals surface area (Å²) in [6.07, 6.45) is 0.815. The lowest BCUT2D eigenvalue weighted by Crippen LogP contribution is -2.43. The summed E-state index contributed by atoms with van der Waals surface area (Å²) >= 11 is 5.65. The Balaban J connectivity index is 0.000000980. The first-order valence-electron chi connectivity index (χ1n) is 4.40. The van der Waals surface area contributed by atoms with Gasteiger partial charge < -0.3 is 5.32 Å². The largest absolute Gasteiger partial charge is 0.316 e. The van der Waals surface area contributed by atoms with Crippen molar-refractivity contribution in [3.8, 4) is 0 Å². The lowest BCUT2D eigenvalue weighted by molar-refractivity contribution is 0.343. The van der Waals surface area contributed by atoms with Crippen molar-refractivity contribution < 1.29 is 4.39 Å². The van der Waals surface area contributed by atoms with Gasteiger partial charge in [-0.05, 0) is 43.1 Å². The van der Waals surface area contributed by atoms with Gasteiger partial charge in [0, 0.05) is 5.02 Å². The second-order valence-corrected chi connectivity index (χ2v) is 3.90. The van der Waals surface area contributed by atoms with Crippen LogP contribution in [-0.4, -0.2) is 13.1 Å². The van der Waals surface area contributed by atoms with Crippen molar-refractivity contribution in [2.45, 2.75) is 6.42 Å². The first-order valence-corrected chi connectivity index (χ1v) is 4.78. The van der Waals surface area contributed by atoms with E-state index in [1.807, 2.05) is 0 Å². The first-order chi connectivity index (χ1) is 6.25. The summed E-state index contributed by atoms with van der Waals surface area (Å²) in [6.45, 7) is 2.00. The second-order valence-electron chi connectivity index (χ2n) is 3.46. The minimum absolute atomic E-state index is 0. The van der Waals surface area contributed by atoms with Crippen molar-refractivity contribution in [2.75, 3.05) is 13.1 Å². The van der Waals surface area contributed by atoms with E-state index in [9.17, 15) is 4.39 Å². The third-order valence-electron chi connectivity index (χ3n) is 2.39. The molecule has 2 rings (SSSR count). The predicted octanol–water partition coefficient (Wildman–Crippen LogP) is 2.66. The van der Waals surface area contributed by atoms with Crippen LogP contribution >= 0.6 is 24.0 Å². The summed E-state index contributed by atoms with van der Waals surface area (Å²) in [4.78, 5) is 0. The zero-order valence-corrected chi connectivity index (χ0v) is 9.17. The Hall–Kier alpha value is -0.310. The Morgan fingerprint density at radius 3 is 2.64 bits per heavy atom. The molecular formula is C10H12Cl2FN. The number of nitrogens with one attached hydrogen (secondary N) is 1. The molecule has 0 aliphatic carbocycles. The van der Waals surface area contributed by atoms with Gasteiger partial charge in [-0.3, -0.25) is 0 Å². The van der Waals surface area contributed by atoms with Crippen molar-refractivity contribution in [2.24, 2.45) is 5.92 Å². The summed E-state index contributed by atoms with van der Waals surface area (Å²) in [5.74, 6) is 0.412. The number of halogens is 3. The van der Waals surface area contributed by atoms with E-state index < -0.39 is 0 Å². The molecule has 0 atom stereocenters. The summed E-state index contributed by atoms with van der Waals surface area (Å²) in [5, 5.41) is 3.63. The van der Waals surface area contributed by atoms with E-state index in [1.54, 1.807) is 12.1 Å². The molecule has 78 valence electrons. The van der Waals surface area contributed by atoms with Gasteiger partial charge in [-0.25, -0.2) is 4.39 Å². The van der Waals surface area contributed by atoms with E-state index in [1.165, 1.54) is 6.07 Å². The average Bonchev–Trinajstić information content (AvgIpc) is 1.99. The van der Waals surface area contributed by atoms with Crippen LogP contribution in [0, 0.1) is 11.7 Å². The molecule has 1 N–H and O–H groups in total. The molecule has 1 aliphatic rings. The maximum atomic E-state index is 13.3. The quantitative estimate of drug-likeness (QED) is 0.832. The Kier molecular flexibility index (Phi) is 4.17. The smallest absolute Gasteiger partial charge is 0.127 e. The van der Waals surface area contributed by atoms with Gasteiger partial charge in [-0.1, -0.05) is 17.7 Å². The van der Waals surface area contributed by atoms with E-state index in [0.29, 0.717) is 10.9 Å². The molecule has 1 saturated heterocycles. The number of benzene rings is 1. The Bertz CT molecular complexity index is 313. The molecule has 14 heavy (non-hydrogen) atoms. The van der Waals surface area contributed by atoms with Gasteiger partial charge in [-0.15, -0.1) is 12.4 Å². The van der Waals surface area contributed by atoms with E-state index >= 15 is 0 Å². The number of hydrogen-bond donors (Lipinski definition) is 1. The molecule has 0 aromatic heterocycles. The minimum atomic E-state index is -0.181. The highest BCUT2D eigenvalue weighted by atomic mass is 35.5.